The van der Waals surface area contributed by atoms with E-state index in [-0.39, 0.29) is 18.3 Å². The first-order chi connectivity index (χ1) is 14.1. The van der Waals surface area contributed by atoms with Crippen molar-refractivity contribution in [2.45, 2.75) is 19.4 Å². The maximum Gasteiger partial charge on any atom is 0.223 e. The average Bonchev–Trinajstić information content (AvgIpc) is 3.12. The van der Waals surface area contributed by atoms with E-state index in [1.54, 1.807) is 30.1 Å². The molecular weight excluding hydrogens is 365 g/mol. The SMILES string of the molecule is CN(Cc1ccccc1F)C(=O)CCc1nc2ccccc2n1-c1ccccc1. The zero-order chi connectivity index (χ0) is 20.2. The van der Waals surface area contributed by atoms with Crippen molar-refractivity contribution in [2.24, 2.45) is 0 Å². The van der Waals surface area contributed by atoms with Crippen LogP contribution in [0.4, 0.5) is 4.39 Å². The van der Waals surface area contributed by atoms with Crippen molar-refractivity contribution in [2.75, 3.05) is 7.05 Å². The van der Waals surface area contributed by atoms with Crippen LogP contribution in [-0.2, 0) is 17.8 Å². The highest BCUT2D eigenvalue weighted by atomic mass is 19.1. The zero-order valence-electron chi connectivity index (χ0n) is 16.3. The molecule has 1 heterocycles. The molecule has 1 aromatic heterocycles. The Balaban J connectivity index is 1.54. The predicted molar refractivity (Wildman–Crippen MR) is 112 cm³/mol. The number of amides is 1. The molecule has 0 unspecified atom stereocenters. The van der Waals surface area contributed by atoms with Crippen LogP contribution in [-0.4, -0.2) is 27.4 Å². The largest absolute Gasteiger partial charge is 0.341 e. The van der Waals surface area contributed by atoms with Crippen LogP contribution < -0.4 is 0 Å². The van der Waals surface area contributed by atoms with E-state index in [4.69, 9.17) is 4.98 Å². The normalized spacial score (nSPS) is 11.0. The summed E-state index contributed by atoms with van der Waals surface area (Å²) in [6.07, 6.45) is 0.811. The fourth-order valence-corrected chi connectivity index (χ4v) is 3.49. The minimum absolute atomic E-state index is 0.0417. The van der Waals surface area contributed by atoms with E-state index in [2.05, 4.69) is 4.57 Å². The Bertz CT molecular complexity index is 1140. The van der Waals surface area contributed by atoms with Gasteiger partial charge in [0, 0.05) is 37.7 Å². The van der Waals surface area contributed by atoms with Crippen molar-refractivity contribution >= 4 is 16.9 Å². The second-order valence-corrected chi connectivity index (χ2v) is 7.03. The van der Waals surface area contributed by atoms with Gasteiger partial charge in [-0.1, -0.05) is 48.5 Å². The van der Waals surface area contributed by atoms with Gasteiger partial charge in [-0.25, -0.2) is 9.37 Å². The average molecular weight is 387 g/mol. The van der Waals surface area contributed by atoms with Crippen molar-refractivity contribution in [1.29, 1.82) is 0 Å². The summed E-state index contributed by atoms with van der Waals surface area (Å²) >= 11 is 0. The van der Waals surface area contributed by atoms with Gasteiger partial charge in [-0.05, 0) is 30.3 Å². The summed E-state index contributed by atoms with van der Waals surface area (Å²) < 4.78 is 16.0. The van der Waals surface area contributed by atoms with E-state index >= 15 is 0 Å². The third-order valence-corrected chi connectivity index (χ3v) is 5.00. The topological polar surface area (TPSA) is 38.1 Å². The Morgan fingerprint density at radius 2 is 1.66 bits per heavy atom. The quantitative estimate of drug-likeness (QED) is 0.479. The van der Waals surface area contributed by atoms with Crippen molar-refractivity contribution in [1.82, 2.24) is 14.5 Å². The standard InChI is InChI=1S/C24H22FN3O/c1-27(17-18-9-5-6-12-20(18)25)24(29)16-15-23-26-21-13-7-8-14-22(21)28(23)19-10-3-2-4-11-19/h2-14H,15-17H2,1H3. The van der Waals surface area contributed by atoms with E-state index in [0.29, 0.717) is 18.4 Å². The summed E-state index contributed by atoms with van der Waals surface area (Å²) in [6, 6.07) is 24.5. The lowest BCUT2D eigenvalue weighted by atomic mass is 10.2. The number of carbonyl (C=O) groups is 1. The second-order valence-electron chi connectivity index (χ2n) is 7.03. The lowest BCUT2D eigenvalue weighted by Crippen LogP contribution is -2.27. The van der Waals surface area contributed by atoms with Crippen molar-refractivity contribution in [3.8, 4) is 5.69 Å². The summed E-state index contributed by atoms with van der Waals surface area (Å²) in [5.41, 5.74) is 3.45. The molecule has 1 amide bonds. The molecule has 0 bridgehead atoms. The fourth-order valence-electron chi connectivity index (χ4n) is 3.49. The number of aryl methyl sites for hydroxylation is 1. The number of benzene rings is 3. The van der Waals surface area contributed by atoms with E-state index in [1.807, 2.05) is 54.6 Å². The van der Waals surface area contributed by atoms with Gasteiger partial charge in [0.25, 0.3) is 0 Å². The highest BCUT2D eigenvalue weighted by molar-refractivity contribution is 5.79. The molecule has 4 rings (SSSR count). The van der Waals surface area contributed by atoms with Crippen LogP contribution in [0.5, 0.6) is 0 Å². The Morgan fingerprint density at radius 1 is 0.966 bits per heavy atom. The minimum Gasteiger partial charge on any atom is -0.341 e. The summed E-state index contributed by atoms with van der Waals surface area (Å²) in [5, 5.41) is 0. The molecule has 0 aliphatic heterocycles. The van der Waals surface area contributed by atoms with Gasteiger partial charge in [0.05, 0.1) is 11.0 Å². The Labute approximate surface area is 169 Å². The van der Waals surface area contributed by atoms with Gasteiger partial charge in [-0.2, -0.15) is 0 Å². The van der Waals surface area contributed by atoms with Gasteiger partial charge < -0.3 is 4.90 Å². The molecule has 3 aromatic carbocycles. The number of aromatic nitrogens is 2. The van der Waals surface area contributed by atoms with E-state index < -0.39 is 0 Å². The summed E-state index contributed by atoms with van der Waals surface area (Å²) in [6.45, 7) is 0.251. The van der Waals surface area contributed by atoms with E-state index in [9.17, 15) is 9.18 Å². The molecule has 4 nitrogen and oxygen atoms in total. The summed E-state index contributed by atoms with van der Waals surface area (Å²) in [7, 11) is 1.70. The maximum atomic E-state index is 13.9. The van der Waals surface area contributed by atoms with Gasteiger partial charge in [-0.15, -0.1) is 0 Å². The smallest absolute Gasteiger partial charge is 0.223 e. The van der Waals surface area contributed by atoms with Gasteiger partial charge in [0.15, 0.2) is 0 Å². The van der Waals surface area contributed by atoms with Crippen LogP contribution in [0, 0.1) is 5.82 Å². The number of para-hydroxylation sites is 3. The van der Waals surface area contributed by atoms with Crippen molar-refractivity contribution < 1.29 is 9.18 Å². The summed E-state index contributed by atoms with van der Waals surface area (Å²) in [4.78, 5) is 19.0. The minimum atomic E-state index is -0.293. The summed E-state index contributed by atoms with van der Waals surface area (Å²) in [5.74, 6) is 0.503. The van der Waals surface area contributed by atoms with Crippen molar-refractivity contribution in [3.63, 3.8) is 0 Å². The second kappa shape index (κ2) is 8.27. The first-order valence-corrected chi connectivity index (χ1v) is 9.62. The van der Waals surface area contributed by atoms with Crippen LogP contribution in [0.1, 0.15) is 17.8 Å². The molecule has 0 saturated heterocycles. The van der Waals surface area contributed by atoms with Crippen molar-refractivity contribution in [3.05, 3.63) is 96.1 Å². The molecule has 4 aromatic rings. The molecule has 29 heavy (non-hydrogen) atoms. The Morgan fingerprint density at radius 3 is 2.45 bits per heavy atom. The monoisotopic (exact) mass is 387 g/mol. The third kappa shape index (κ3) is 4.04. The lowest BCUT2D eigenvalue weighted by molar-refractivity contribution is -0.130. The molecule has 0 aliphatic rings. The molecule has 5 heteroatoms. The highest BCUT2D eigenvalue weighted by Gasteiger charge is 2.16. The van der Waals surface area contributed by atoms with Crippen LogP contribution >= 0.6 is 0 Å². The van der Waals surface area contributed by atoms with Crippen LogP contribution in [0.3, 0.4) is 0 Å². The number of carbonyl (C=O) groups excluding carboxylic acids is 1. The number of hydrogen-bond acceptors (Lipinski definition) is 2. The number of halogens is 1. The first kappa shape index (κ1) is 18.9. The number of nitrogens with zero attached hydrogens (tertiary/aromatic N) is 3. The van der Waals surface area contributed by atoms with Gasteiger partial charge in [0.1, 0.15) is 11.6 Å². The van der Waals surface area contributed by atoms with Crippen LogP contribution in [0.2, 0.25) is 0 Å². The van der Waals surface area contributed by atoms with Gasteiger partial charge in [0.2, 0.25) is 5.91 Å². The van der Waals surface area contributed by atoms with E-state index in [1.165, 1.54) is 6.07 Å². The molecule has 0 aliphatic carbocycles. The molecule has 0 saturated carbocycles. The predicted octanol–water partition coefficient (Wildman–Crippen LogP) is 4.76. The maximum absolute atomic E-state index is 13.9. The highest BCUT2D eigenvalue weighted by Crippen LogP contribution is 2.22. The number of rotatable bonds is 6. The molecule has 0 spiro atoms. The van der Waals surface area contributed by atoms with E-state index in [0.717, 1.165) is 22.5 Å². The molecule has 0 fully saturated rings. The van der Waals surface area contributed by atoms with Crippen LogP contribution in [0.25, 0.3) is 16.7 Å². The fraction of sp³-hybridized carbons (Fsp3) is 0.167. The Kier molecular flexibility index (Phi) is 5.38. The lowest BCUT2D eigenvalue weighted by Gasteiger charge is -2.18. The van der Waals surface area contributed by atoms with Gasteiger partial charge in [-0.3, -0.25) is 9.36 Å². The van der Waals surface area contributed by atoms with Gasteiger partial charge >= 0.3 is 0 Å². The molecule has 0 radical (unpaired) electrons. The molecule has 0 N–H and O–H groups in total. The third-order valence-electron chi connectivity index (χ3n) is 5.00. The number of hydrogen-bond donors (Lipinski definition) is 0. The van der Waals surface area contributed by atoms with Crippen LogP contribution in [0.15, 0.2) is 78.9 Å². The number of fused-ring (bicyclic) bond motifs is 1. The molecule has 146 valence electrons. The Hall–Kier alpha value is -3.47. The zero-order valence-corrected chi connectivity index (χ0v) is 16.3. The number of imidazole rings is 1. The molecular formula is C24H22FN3O. The molecule has 0 atom stereocenters. The first-order valence-electron chi connectivity index (χ1n) is 9.62.